The number of aryl methyl sites for hydroxylation is 1. The molecule has 0 unspecified atom stereocenters. The monoisotopic (exact) mass is 276 g/mol. The number of carbonyl (C=O) groups is 1. The molecule has 0 N–H and O–H groups in total. The van der Waals surface area contributed by atoms with Gasteiger partial charge in [-0.1, -0.05) is 35.9 Å². The van der Waals surface area contributed by atoms with Gasteiger partial charge in [-0.2, -0.15) is 0 Å². The Morgan fingerprint density at radius 3 is 2.58 bits per heavy atom. The highest BCUT2D eigenvalue weighted by molar-refractivity contribution is 8.00. The molecule has 0 radical (unpaired) electrons. The lowest BCUT2D eigenvalue weighted by atomic mass is 9.71. The first-order valence-electron chi connectivity index (χ1n) is 6.99. The summed E-state index contributed by atoms with van der Waals surface area (Å²) in [7, 11) is 0. The van der Waals surface area contributed by atoms with Gasteiger partial charge in [0, 0.05) is 4.90 Å². The second-order valence-electron chi connectivity index (χ2n) is 5.92. The van der Waals surface area contributed by atoms with Gasteiger partial charge in [0.25, 0.3) is 0 Å². The quantitative estimate of drug-likeness (QED) is 0.817. The standard InChI is InChI=1S/C16H20O2S/c1-12-5-7-13(8-6-12)19-16-10-4-3-9-15(16,2)14(17)11-18-16/h5-8H,3-4,9-11H2,1-2H3/t15-,16+/m1/s1. The molecule has 2 fully saturated rings. The Balaban J connectivity index is 1.92. The molecule has 3 heteroatoms. The summed E-state index contributed by atoms with van der Waals surface area (Å²) in [4.78, 5) is 13.1. The van der Waals surface area contributed by atoms with Crippen molar-refractivity contribution in [3.63, 3.8) is 0 Å². The molecule has 1 aromatic rings. The molecule has 0 spiro atoms. The van der Waals surface area contributed by atoms with Crippen molar-refractivity contribution in [2.45, 2.75) is 49.4 Å². The Labute approximate surface area is 118 Å². The molecular formula is C16H20O2S. The first-order chi connectivity index (χ1) is 9.06. The Bertz CT molecular complexity index is 496. The van der Waals surface area contributed by atoms with E-state index in [2.05, 4.69) is 38.1 Å². The van der Waals surface area contributed by atoms with Crippen molar-refractivity contribution in [3.8, 4) is 0 Å². The summed E-state index contributed by atoms with van der Waals surface area (Å²) in [5, 5.41) is 0. The predicted molar refractivity (Wildman–Crippen MR) is 77.3 cm³/mol. The fourth-order valence-corrected chi connectivity index (χ4v) is 4.68. The molecule has 1 saturated heterocycles. The van der Waals surface area contributed by atoms with Gasteiger partial charge in [0.2, 0.25) is 0 Å². The van der Waals surface area contributed by atoms with E-state index in [4.69, 9.17) is 4.74 Å². The average molecular weight is 276 g/mol. The zero-order valence-electron chi connectivity index (χ0n) is 11.6. The van der Waals surface area contributed by atoms with E-state index in [1.807, 2.05) is 0 Å². The van der Waals surface area contributed by atoms with Gasteiger partial charge in [-0.15, -0.1) is 0 Å². The lowest BCUT2D eigenvalue weighted by molar-refractivity contribution is -0.125. The number of benzene rings is 1. The third-order valence-corrected chi connectivity index (χ3v) is 6.24. The van der Waals surface area contributed by atoms with Crippen molar-refractivity contribution in [3.05, 3.63) is 29.8 Å². The molecule has 0 bridgehead atoms. The molecule has 2 aliphatic rings. The molecule has 1 aliphatic heterocycles. The maximum atomic E-state index is 12.2. The normalized spacial score (nSPS) is 34.3. The van der Waals surface area contributed by atoms with E-state index in [1.165, 1.54) is 10.5 Å². The molecule has 1 aromatic carbocycles. The first kappa shape index (κ1) is 13.2. The highest BCUT2D eigenvalue weighted by Crippen LogP contribution is 2.58. The Hall–Kier alpha value is -0.800. The maximum absolute atomic E-state index is 12.2. The van der Waals surface area contributed by atoms with Crippen LogP contribution in [0.15, 0.2) is 29.2 Å². The van der Waals surface area contributed by atoms with Crippen LogP contribution in [-0.4, -0.2) is 17.3 Å². The van der Waals surface area contributed by atoms with Gasteiger partial charge >= 0.3 is 0 Å². The largest absolute Gasteiger partial charge is 0.355 e. The SMILES string of the molecule is Cc1ccc(S[C@@]23CCCC[C@]2(C)C(=O)CO3)cc1. The smallest absolute Gasteiger partial charge is 0.168 e. The minimum absolute atomic E-state index is 0.284. The molecule has 19 heavy (non-hydrogen) atoms. The van der Waals surface area contributed by atoms with Crippen molar-refractivity contribution in [2.75, 3.05) is 6.61 Å². The van der Waals surface area contributed by atoms with Crippen LogP contribution in [0, 0.1) is 12.3 Å². The van der Waals surface area contributed by atoms with Gasteiger partial charge in [0.05, 0.1) is 5.41 Å². The second kappa shape index (κ2) is 4.64. The minimum Gasteiger partial charge on any atom is -0.355 e. The van der Waals surface area contributed by atoms with Crippen LogP contribution in [0.2, 0.25) is 0 Å². The number of rotatable bonds is 2. The number of fused-ring (bicyclic) bond motifs is 1. The van der Waals surface area contributed by atoms with E-state index >= 15 is 0 Å². The average Bonchev–Trinajstić information content (AvgIpc) is 2.66. The molecule has 1 heterocycles. The van der Waals surface area contributed by atoms with Gasteiger partial charge in [0.1, 0.15) is 11.5 Å². The van der Waals surface area contributed by atoms with Crippen LogP contribution in [0.5, 0.6) is 0 Å². The number of hydrogen-bond acceptors (Lipinski definition) is 3. The highest BCUT2D eigenvalue weighted by Gasteiger charge is 2.60. The van der Waals surface area contributed by atoms with Crippen molar-refractivity contribution < 1.29 is 9.53 Å². The molecular weight excluding hydrogens is 256 g/mol. The van der Waals surface area contributed by atoms with Crippen LogP contribution in [-0.2, 0) is 9.53 Å². The van der Waals surface area contributed by atoms with Gasteiger partial charge in [-0.05, 0) is 45.2 Å². The van der Waals surface area contributed by atoms with E-state index in [9.17, 15) is 4.79 Å². The topological polar surface area (TPSA) is 26.3 Å². The number of ketones is 1. The number of ether oxygens (including phenoxy) is 1. The van der Waals surface area contributed by atoms with Crippen molar-refractivity contribution in [2.24, 2.45) is 5.41 Å². The summed E-state index contributed by atoms with van der Waals surface area (Å²) in [5.74, 6) is 0.284. The van der Waals surface area contributed by atoms with Gasteiger partial charge in [-0.3, -0.25) is 4.79 Å². The van der Waals surface area contributed by atoms with Gasteiger partial charge < -0.3 is 4.74 Å². The number of thioether (sulfide) groups is 1. The van der Waals surface area contributed by atoms with Crippen LogP contribution in [0.3, 0.4) is 0 Å². The summed E-state index contributed by atoms with van der Waals surface area (Å²) in [6.45, 7) is 4.48. The second-order valence-corrected chi connectivity index (χ2v) is 7.25. The summed E-state index contributed by atoms with van der Waals surface area (Å²) in [6.07, 6.45) is 4.24. The Kier molecular flexibility index (Phi) is 3.22. The van der Waals surface area contributed by atoms with E-state index in [1.54, 1.807) is 11.8 Å². The Morgan fingerprint density at radius 1 is 1.16 bits per heavy atom. The van der Waals surface area contributed by atoms with E-state index < -0.39 is 0 Å². The van der Waals surface area contributed by atoms with E-state index in [-0.39, 0.29) is 22.7 Å². The molecule has 2 atom stereocenters. The van der Waals surface area contributed by atoms with Crippen LogP contribution in [0.1, 0.15) is 38.2 Å². The van der Waals surface area contributed by atoms with E-state index in [0.29, 0.717) is 0 Å². The Morgan fingerprint density at radius 2 is 1.84 bits per heavy atom. The number of carbonyl (C=O) groups excluding carboxylic acids is 1. The van der Waals surface area contributed by atoms with E-state index in [0.717, 1.165) is 25.7 Å². The van der Waals surface area contributed by atoms with Crippen molar-refractivity contribution in [1.82, 2.24) is 0 Å². The van der Waals surface area contributed by atoms with Gasteiger partial charge in [-0.25, -0.2) is 0 Å². The van der Waals surface area contributed by atoms with Crippen LogP contribution < -0.4 is 0 Å². The zero-order valence-corrected chi connectivity index (χ0v) is 12.4. The minimum atomic E-state index is -0.336. The number of hydrogen-bond donors (Lipinski definition) is 0. The summed E-state index contributed by atoms with van der Waals surface area (Å²) < 4.78 is 6.01. The third kappa shape index (κ3) is 2.03. The molecule has 2 nitrogen and oxygen atoms in total. The molecule has 0 aromatic heterocycles. The van der Waals surface area contributed by atoms with Crippen LogP contribution in [0.4, 0.5) is 0 Å². The maximum Gasteiger partial charge on any atom is 0.168 e. The number of Topliss-reactive ketones (excluding diaryl/α,β-unsaturated/α-hetero) is 1. The van der Waals surface area contributed by atoms with Crippen molar-refractivity contribution >= 4 is 17.5 Å². The summed E-state index contributed by atoms with van der Waals surface area (Å²) in [5.41, 5.74) is 0.956. The third-order valence-electron chi connectivity index (χ3n) is 4.63. The molecule has 1 saturated carbocycles. The summed E-state index contributed by atoms with van der Waals surface area (Å²) in [6, 6.07) is 8.51. The molecule has 1 aliphatic carbocycles. The highest BCUT2D eigenvalue weighted by atomic mass is 32.2. The summed E-state index contributed by atoms with van der Waals surface area (Å²) >= 11 is 1.75. The molecule has 0 amide bonds. The predicted octanol–water partition coefficient (Wildman–Crippen LogP) is 3.96. The fourth-order valence-electron chi connectivity index (χ4n) is 3.22. The molecule has 3 rings (SSSR count). The van der Waals surface area contributed by atoms with Crippen molar-refractivity contribution in [1.29, 1.82) is 0 Å². The lowest BCUT2D eigenvalue weighted by Gasteiger charge is -2.44. The lowest BCUT2D eigenvalue weighted by Crippen LogP contribution is -2.46. The van der Waals surface area contributed by atoms with Crippen LogP contribution >= 0.6 is 11.8 Å². The molecule has 102 valence electrons. The van der Waals surface area contributed by atoms with Crippen LogP contribution in [0.25, 0.3) is 0 Å². The van der Waals surface area contributed by atoms with Gasteiger partial charge in [0.15, 0.2) is 5.78 Å². The first-order valence-corrected chi connectivity index (χ1v) is 7.80. The fraction of sp³-hybridized carbons (Fsp3) is 0.562. The zero-order chi connectivity index (χ0) is 13.5.